The Bertz CT molecular complexity index is 460. The Balaban J connectivity index is 1.52. The first-order valence-electron chi connectivity index (χ1n) is 8.03. The first-order chi connectivity index (χ1) is 10.3. The number of nitrogens with one attached hydrogen (secondary N) is 2. The van der Waals surface area contributed by atoms with E-state index >= 15 is 0 Å². The quantitative estimate of drug-likeness (QED) is 0.894. The molecule has 1 aromatic carbocycles. The number of rotatable bonds is 4. The lowest BCUT2D eigenvalue weighted by molar-refractivity contribution is -0.124. The standard InChI is InChI=1S/C17H24N2O2/c20-17(16-4-2-10-21-16)19-15-7-5-13(6-8-15)11-14-3-1-9-18-12-14/h5-8,14,16,18H,1-4,9-12H2,(H,19,20). The summed E-state index contributed by atoms with van der Waals surface area (Å²) in [6.07, 6.45) is 5.25. The van der Waals surface area contributed by atoms with E-state index < -0.39 is 0 Å². The van der Waals surface area contributed by atoms with Gasteiger partial charge >= 0.3 is 0 Å². The molecule has 0 spiro atoms. The van der Waals surface area contributed by atoms with E-state index in [0.717, 1.165) is 44.0 Å². The van der Waals surface area contributed by atoms with Crippen molar-refractivity contribution in [2.75, 3.05) is 25.0 Å². The topological polar surface area (TPSA) is 50.4 Å². The zero-order chi connectivity index (χ0) is 14.5. The Morgan fingerprint density at radius 1 is 1.24 bits per heavy atom. The van der Waals surface area contributed by atoms with E-state index in [-0.39, 0.29) is 12.0 Å². The van der Waals surface area contributed by atoms with Crippen molar-refractivity contribution in [2.24, 2.45) is 5.92 Å². The minimum absolute atomic E-state index is 0.0169. The molecule has 2 aliphatic heterocycles. The molecule has 21 heavy (non-hydrogen) atoms. The van der Waals surface area contributed by atoms with Crippen LogP contribution in [-0.2, 0) is 16.0 Å². The van der Waals surface area contributed by atoms with Crippen molar-refractivity contribution in [3.63, 3.8) is 0 Å². The number of amides is 1. The van der Waals surface area contributed by atoms with Gasteiger partial charge < -0.3 is 15.4 Å². The number of hydrogen-bond donors (Lipinski definition) is 2. The van der Waals surface area contributed by atoms with Crippen molar-refractivity contribution in [1.82, 2.24) is 5.32 Å². The van der Waals surface area contributed by atoms with Gasteiger partial charge in [-0.15, -0.1) is 0 Å². The first-order valence-corrected chi connectivity index (χ1v) is 8.03. The van der Waals surface area contributed by atoms with Gasteiger partial charge in [-0.1, -0.05) is 12.1 Å². The fourth-order valence-electron chi connectivity index (χ4n) is 3.16. The number of piperidine rings is 1. The van der Waals surface area contributed by atoms with Crippen LogP contribution in [-0.4, -0.2) is 31.7 Å². The van der Waals surface area contributed by atoms with Crippen LogP contribution in [0.1, 0.15) is 31.2 Å². The van der Waals surface area contributed by atoms with E-state index in [1.807, 2.05) is 12.1 Å². The number of carbonyl (C=O) groups is 1. The Labute approximate surface area is 126 Å². The highest BCUT2D eigenvalue weighted by molar-refractivity contribution is 5.94. The van der Waals surface area contributed by atoms with E-state index in [4.69, 9.17) is 4.74 Å². The van der Waals surface area contributed by atoms with Crippen LogP contribution in [0.4, 0.5) is 5.69 Å². The highest BCUT2D eigenvalue weighted by Crippen LogP contribution is 2.19. The van der Waals surface area contributed by atoms with Crippen LogP contribution >= 0.6 is 0 Å². The van der Waals surface area contributed by atoms with Crippen molar-refractivity contribution in [2.45, 2.75) is 38.2 Å². The molecule has 2 fully saturated rings. The van der Waals surface area contributed by atoms with Crippen LogP contribution in [0.5, 0.6) is 0 Å². The van der Waals surface area contributed by atoms with Gasteiger partial charge in [-0.05, 0) is 68.8 Å². The molecule has 0 aliphatic carbocycles. The van der Waals surface area contributed by atoms with Gasteiger partial charge in [-0.3, -0.25) is 4.79 Å². The van der Waals surface area contributed by atoms with Gasteiger partial charge in [0.1, 0.15) is 6.10 Å². The van der Waals surface area contributed by atoms with Crippen molar-refractivity contribution in [3.8, 4) is 0 Å². The third-order valence-electron chi connectivity index (χ3n) is 4.37. The Hall–Kier alpha value is -1.39. The van der Waals surface area contributed by atoms with Gasteiger partial charge in [0.25, 0.3) is 5.91 Å². The zero-order valence-corrected chi connectivity index (χ0v) is 12.4. The fraction of sp³-hybridized carbons (Fsp3) is 0.588. The molecule has 114 valence electrons. The molecule has 2 saturated heterocycles. The van der Waals surface area contributed by atoms with E-state index in [1.165, 1.54) is 18.4 Å². The SMILES string of the molecule is O=C(Nc1ccc(CC2CCCNC2)cc1)C1CCCO1. The largest absolute Gasteiger partial charge is 0.368 e. The number of hydrogen-bond acceptors (Lipinski definition) is 3. The van der Waals surface area contributed by atoms with E-state index in [1.54, 1.807) is 0 Å². The second kappa shape index (κ2) is 7.05. The number of ether oxygens (including phenoxy) is 1. The molecule has 2 unspecified atom stereocenters. The summed E-state index contributed by atoms with van der Waals surface area (Å²) >= 11 is 0. The summed E-state index contributed by atoms with van der Waals surface area (Å²) in [5.41, 5.74) is 2.21. The first kappa shape index (κ1) is 14.5. The molecule has 2 atom stereocenters. The summed E-state index contributed by atoms with van der Waals surface area (Å²) in [5.74, 6) is 0.725. The van der Waals surface area contributed by atoms with E-state index in [9.17, 15) is 4.79 Å². The third kappa shape index (κ3) is 4.05. The van der Waals surface area contributed by atoms with Crippen LogP contribution in [0.2, 0.25) is 0 Å². The Kier molecular flexibility index (Phi) is 4.88. The lowest BCUT2D eigenvalue weighted by Gasteiger charge is -2.22. The van der Waals surface area contributed by atoms with Crippen LogP contribution in [0.3, 0.4) is 0 Å². The Morgan fingerprint density at radius 2 is 2.10 bits per heavy atom. The van der Waals surface area contributed by atoms with Crippen molar-refractivity contribution in [3.05, 3.63) is 29.8 Å². The average Bonchev–Trinajstić information content (AvgIpc) is 3.05. The monoisotopic (exact) mass is 288 g/mol. The third-order valence-corrected chi connectivity index (χ3v) is 4.37. The maximum absolute atomic E-state index is 12.0. The smallest absolute Gasteiger partial charge is 0.253 e. The van der Waals surface area contributed by atoms with Gasteiger partial charge in [0.2, 0.25) is 0 Å². The van der Waals surface area contributed by atoms with Gasteiger partial charge in [0.15, 0.2) is 0 Å². The van der Waals surface area contributed by atoms with E-state index in [0.29, 0.717) is 6.61 Å². The predicted octanol–water partition coefficient (Wildman–Crippen LogP) is 2.35. The van der Waals surface area contributed by atoms with Crippen LogP contribution in [0, 0.1) is 5.92 Å². The summed E-state index contributed by atoms with van der Waals surface area (Å²) in [6.45, 7) is 2.98. The highest BCUT2D eigenvalue weighted by atomic mass is 16.5. The predicted molar refractivity (Wildman–Crippen MR) is 83.3 cm³/mol. The molecule has 2 N–H and O–H groups in total. The molecule has 0 radical (unpaired) electrons. The summed E-state index contributed by atoms with van der Waals surface area (Å²) in [7, 11) is 0. The Morgan fingerprint density at radius 3 is 2.76 bits per heavy atom. The number of anilines is 1. The number of benzene rings is 1. The minimum Gasteiger partial charge on any atom is -0.368 e. The molecular weight excluding hydrogens is 264 g/mol. The molecule has 0 bridgehead atoms. The molecule has 2 aliphatic rings. The van der Waals surface area contributed by atoms with Gasteiger partial charge in [-0.25, -0.2) is 0 Å². The zero-order valence-electron chi connectivity index (χ0n) is 12.4. The summed E-state index contributed by atoms with van der Waals surface area (Å²) < 4.78 is 5.39. The second-order valence-corrected chi connectivity index (χ2v) is 6.10. The molecule has 4 nitrogen and oxygen atoms in total. The fourth-order valence-corrected chi connectivity index (χ4v) is 3.16. The van der Waals surface area contributed by atoms with E-state index in [2.05, 4.69) is 22.8 Å². The highest BCUT2D eigenvalue weighted by Gasteiger charge is 2.23. The van der Waals surface area contributed by atoms with Crippen molar-refractivity contribution in [1.29, 1.82) is 0 Å². The average molecular weight is 288 g/mol. The normalized spacial score (nSPS) is 25.7. The summed E-state index contributed by atoms with van der Waals surface area (Å²) in [5, 5.41) is 6.39. The molecule has 0 aromatic heterocycles. The molecule has 3 rings (SSSR count). The molecule has 1 amide bonds. The van der Waals surface area contributed by atoms with Crippen LogP contribution < -0.4 is 10.6 Å². The summed E-state index contributed by atoms with van der Waals surface area (Å²) in [6, 6.07) is 8.25. The van der Waals surface area contributed by atoms with Gasteiger partial charge in [0.05, 0.1) is 0 Å². The summed E-state index contributed by atoms with van der Waals surface area (Å²) in [4.78, 5) is 12.0. The van der Waals surface area contributed by atoms with Gasteiger partial charge in [0, 0.05) is 12.3 Å². The number of carbonyl (C=O) groups excluding carboxylic acids is 1. The maximum Gasteiger partial charge on any atom is 0.253 e. The molecule has 1 aromatic rings. The lowest BCUT2D eigenvalue weighted by Crippen LogP contribution is -2.30. The van der Waals surface area contributed by atoms with Crippen molar-refractivity contribution >= 4 is 11.6 Å². The maximum atomic E-state index is 12.0. The van der Waals surface area contributed by atoms with Crippen LogP contribution in [0.15, 0.2) is 24.3 Å². The second-order valence-electron chi connectivity index (χ2n) is 6.10. The molecule has 2 heterocycles. The van der Waals surface area contributed by atoms with Gasteiger partial charge in [-0.2, -0.15) is 0 Å². The minimum atomic E-state index is -0.266. The molecular formula is C17H24N2O2. The van der Waals surface area contributed by atoms with Crippen LogP contribution in [0.25, 0.3) is 0 Å². The molecule has 4 heteroatoms. The molecule has 0 saturated carbocycles. The van der Waals surface area contributed by atoms with Crippen molar-refractivity contribution < 1.29 is 9.53 Å². The lowest BCUT2D eigenvalue weighted by atomic mass is 9.92.